The average molecular weight is 314 g/mol. The van der Waals surface area contributed by atoms with Crippen LogP contribution in [0.25, 0.3) is 0 Å². The van der Waals surface area contributed by atoms with Crippen molar-refractivity contribution in [2.24, 2.45) is 5.92 Å². The fourth-order valence-electron chi connectivity index (χ4n) is 2.48. The number of nitro groups is 1. The summed E-state index contributed by atoms with van der Waals surface area (Å²) in [6, 6.07) is 0.179. The van der Waals surface area contributed by atoms with E-state index < -0.39 is 33.7 Å². The predicted molar refractivity (Wildman–Crippen MR) is 72.1 cm³/mol. The zero-order valence-electron chi connectivity index (χ0n) is 11.0. The first-order valence-corrected chi connectivity index (χ1v) is 6.55. The lowest BCUT2D eigenvalue weighted by Crippen LogP contribution is -2.43. The highest BCUT2D eigenvalue weighted by Gasteiger charge is 2.41. The van der Waals surface area contributed by atoms with Crippen LogP contribution in [0.15, 0.2) is 12.3 Å². The minimum absolute atomic E-state index is 0.220. The van der Waals surface area contributed by atoms with Crippen molar-refractivity contribution in [2.45, 2.75) is 19.4 Å². The third kappa shape index (κ3) is 2.66. The normalized spacial score (nSPS) is 21.3. The van der Waals surface area contributed by atoms with Gasteiger partial charge in [0, 0.05) is 12.7 Å². The van der Waals surface area contributed by atoms with Gasteiger partial charge in [0.25, 0.3) is 5.91 Å². The first-order valence-electron chi connectivity index (χ1n) is 6.17. The molecule has 0 spiro atoms. The number of nitrogens with zero attached hydrogens (tertiary/aromatic N) is 3. The monoisotopic (exact) mass is 313 g/mol. The summed E-state index contributed by atoms with van der Waals surface area (Å²) in [5.41, 5.74) is -0.854. The van der Waals surface area contributed by atoms with Gasteiger partial charge in [-0.15, -0.1) is 0 Å². The minimum atomic E-state index is -1.13. The molecule has 2 heterocycles. The van der Waals surface area contributed by atoms with Gasteiger partial charge in [0.2, 0.25) is 5.15 Å². The number of carbonyl (C=O) groups excluding carboxylic acids is 1. The van der Waals surface area contributed by atoms with Crippen LogP contribution < -0.4 is 0 Å². The summed E-state index contributed by atoms with van der Waals surface area (Å²) in [7, 11) is 0. The maximum absolute atomic E-state index is 12.5. The summed E-state index contributed by atoms with van der Waals surface area (Å²) in [5.74, 6) is -2.07. The van der Waals surface area contributed by atoms with E-state index in [1.807, 2.05) is 0 Å². The number of likely N-dealkylation sites (tertiary alicyclic amines) is 1. The van der Waals surface area contributed by atoms with E-state index >= 15 is 0 Å². The van der Waals surface area contributed by atoms with Crippen LogP contribution in [0.3, 0.4) is 0 Å². The Labute approximate surface area is 124 Å². The molecule has 0 bridgehead atoms. The van der Waals surface area contributed by atoms with E-state index in [0.717, 1.165) is 4.90 Å². The van der Waals surface area contributed by atoms with Crippen LogP contribution in [-0.4, -0.2) is 44.4 Å². The van der Waals surface area contributed by atoms with Crippen molar-refractivity contribution < 1.29 is 19.6 Å². The second-order valence-corrected chi connectivity index (χ2v) is 5.16. The molecule has 8 nitrogen and oxygen atoms in total. The molecule has 0 aromatic carbocycles. The molecule has 21 heavy (non-hydrogen) atoms. The second-order valence-electron chi connectivity index (χ2n) is 4.80. The largest absolute Gasteiger partial charge is 0.480 e. The van der Waals surface area contributed by atoms with Crippen molar-refractivity contribution in [3.63, 3.8) is 0 Å². The van der Waals surface area contributed by atoms with Crippen LogP contribution in [-0.2, 0) is 4.79 Å². The van der Waals surface area contributed by atoms with E-state index in [2.05, 4.69) is 4.98 Å². The molecule has 2 unspecified atom stereocenters. The second kappa shape index (κ2) is 5.65. The van der Waals surface area contributed by atoms with Crippen molar-refractivity contribution in [3.8, 4) is 0 Å². The first-order chi connectivity index (χ1) is 9.84. The Kier molecular flexibility index (Phi) is 4.08. The smallest absolute Gasteiger partial charge is 0.326 e. The summed E-state index contributed by atoms with van der Waals surface area (Å²) in [6.45, 7) is 1.95. The van der Waals surface area contributed by atoms with E-state index in [-0.39, 0.29) is 18.0 Å². The van der Waals surface area contributed by atoms with Crippen molar-refractivity contribution >= 4 is 29.2 Å². The summed E-state index contributed by atoms with van der Waals surface area (Å²) in [5, 5.41) is 19.9. The lowest BCUT2D eigenvalue weighted by molar-refractivity contribution is -0.385. The molecule has 1 fully saturated rings. The zero-order valence-corrected chi connectivity index (χ0v) is 11.8. The minimum Gasteiger partial charge on any atom is -0.480 e. The van der Waals surface area contributed by atoms with Crippen molar-refractivity contribution in [3.05, 3.63) is 33.1 Å². The number of aliphatic carboxylic acids is 1. The average Bonchev–Trinajstić information content (AvgIpc) is 2.79. The van der Waals surface area contributed by atoms with Crippen LogP contribution in [0, 0.1) is 16.0 Å². The van der Waals surface area contributed by atoms with Gasteiger partial charge in [0.05, 0.1) is 4.92 Å². The molecule has 0 radical (unpaired) electrons. The number of carboxylic acids is 1. The number of amides is 1. The third-order valence-electron chi connectivity index (χ3n) is 3.51. The van der Waals surface area contributed by atoms with Gasteiger partial charge in [-0.3, -0.25) is 14.9 Å². The molecule has 2 rings (SSSR count). The van der Waals surface area contributed by atoms with Crippen molar-refractivity contribution in [1.82, 2.24) is 9.88 Å². The quantitative estimate of drug-likeness (QED) is 0.515. The van der Waals surface area contributed by atoms with E-state index in [0.29, 0.717) is 6.42 Å². The number of aromatic nitrogens is 1. The summed E-state index contributed by atoms with van der Waals surface area (Å²) >= 11 is 5.66. The molecular formula is C12H12ClN3O5. The topological polar surface area (TPSA) is 114 Å². The first kappa shape index (κ1) is 15.2. The van der Waals surface area contributed by atoms with E-state index in [9.17, 15) is 24.8 Å². The number of pyridine rings is 1. The van der Waals surface area contributed by atoms with Crippen molar-refractivity contribution in [2.75, 3.05) is 6.54 Å². The molecule has 1 N–H and O–H groups in total. The van der Waals surface area contributed by atoms with Crippen molar-refractivity contribution in [1.29, 1.82) is 0 Å². The fraction of sp³-hybridized carbons (Fsp3) is 0.417. The van der Waals surface area contributed by atoms with E-state index in [1.54, 1.807) is 6.92 Å². The number of carbonyl (C=O) groups is 2. The Morgan fingerprint density at radius 2 is 2.24 bits per heavy atom. The highest BCUT2D eigenvalue weighted by atomic mass is 35.5. The lowest BCUT2D eigenvalue weighted by atomic mass is 10.0. The number of carboxylic acid groups (broad SMARTS) is 1. The molecule has 1 aromatic rings. The fourth-order valence-corrected chi connectivity index (χ4v) is 2.71. The van der Waals surface area contributed by atoms with Gasteiger partial charge in [-0.1, -0.05) is 18.5 Å². The predicted octanol–water partition coefficient (Wildman–Crippen LogP) is 1.58. The molecule has 1 aliphatic rings. The van der Waals surface area contributed by atoms with E-state index in [4.69, 9.17) is 11.6 Å². The Bertz CT molecular complexity index is 621. The summed E-state index contributed by atoms with van der Waals surface area (Å²) in [6.07, 6.45) is 1.70. The lowest BCUT2D eigenvalue weighted by Gasteiger charge is -2.23. The van der Waals surface area contributed by atoms with Gasteiger partial charge in [-0.2, -0.15) is 0 Å². The molecule has 0 saturated carbocycles. The van der Waals surface area contributed by atoms with Crippen LogP contribution in [0.2, 0.25) is 5.15 Å². The molecule has 1 aliphatic heterocycles. The van der Waals surface area contributed by atoms with Crippen LogP contribution in [0.5, 0.6) is 0 Å². The van der Waals surface area contributed by atoms with Gasteiger partial charge in [-0.05, 0) is 18.4 Å². The summed E-state index contributed by atoms with van der Waals surface area (Å²) in [4.78, 5) is 38.7. The SMILES string of the molecule is CC1CCN(C(=O)c2ccnc(Cl)c2[N+](=O)[O-])C1C(=O)O. The van der Waals surface area contributed by atoms with Crippen LogP contribution >= 0.6 is 11.6 Å². The number of hydrogen-bond donors (Lipinski definition) is 1. The molecule has 1 saturated heterocycles. The maximum Gasteiger partial charge on any atom is 0.326 e. The van der Waals surface area contributed by atoms with Gasteiger partial charge >= 0.3 is 11.7 Å². The highest BCUT2D eigenvalue weighted by molar-refractivity contribution is 6.32. The molecular weight excluding hydrogens is 302 g/mol. The Morgan fingerprint density at radius 1 is 1.57 bits per heavy atom. The Hall–Kier alpha value is -2.22. The van der Waals surface area contributed by atoms with Gasteiger partial charge in [-0.25, -0.2) is 9.78 Å². The number of rotatable bonds is 3. The van der Waals surface area contributed by atoms with Gasteiger partial charge in [0.1, 0.15) is 11.6 Å². The highest BCUT2D eigenvalue weighted by Crippen LogP contribution is 2.31. The van der Waals surface area contributed by atoms with Gasteiger partial charge < -0.3 is 10.0 Å². The molecule has 2 atom stereocenters. The van der Waals surface area contributed by atoms with Crippen LogP contribution in [0.4, 0.5) is 5.69 Å². The van der Waals surface area contributed by atoms with Crippen LogP contribution in [0.1, 0.15) is 23.7 Å². The third-order valence-corrected chi connectivity index (χ3v) is 3.78. The molecule has 9 heteroatoms. The molecule has 1 amide bonds. The maximum atomic E-state index is 12.5. The van der Waals surface area contributed by atoms with E-state index in [1.165, 1.54) is 12.3 Å². The number of hydrogen-bond acceptors (Lipinski definition) is 5. The molecule has 112 valence electrons. The standard InChI is InChI=1S/C12H12ClN3O5/c1-6-3-5-15(8(6)12(18)19)11(17)7-2-4-14-10(13)9(7)16(20)21/h2,4,6,8H,3,5H2,1H3,(H,18,19). The number of halogens is 1. The zero-order chi connectivity index (χ0) is 15.7. The Morgan fingerprint density at radius 3 is 2.81 bits per heavy atom. The van der Waals surface area contributed by atoms with Gasteiger partial charge in [0.15, 0.2) is 0 Å². The summed E-state index contributed by atoms with van der Waals surface area (Å²) < 4.78 is 0. The Balaban J connectivity index is 2.44. The molecule has 0 aliphatic carbocycles. The molecule has 1 aromatic heterocycles.